The Hall–Kier alpha value is -1.16. The SMILES string of the molecule is CC(C)C(C)NCc1ccnc(N(C)C)n1. The van der Waals surface area contributed by atoms with Crippen LogP contribution in [0, 0.1) is 5.92 Å². The Morgan fingerprint density at radius 2 is 2.00 bits per heavy atom. The molecule has 0 aliphatic heterocycles. The molecule has 0 aliphatic carbocycles. The molecule has 0 bridgehead atoms. The van der Waals surface area contributed by atoms with Crippen LogP contribution in [0.3, 0.4) is 0 Å². The monoisotopic (exact) mass is 222 g/mol. The molecule has 0 radical (unpaired) electrons. The van der Waals surface area contributed by atoms with Crippen LogP contribution >= 0.6 is 0 Å². The zero-order chi connectivity index (χ0) is 12.1. The highest BCUT2D eigenvalue weighted by Gasteiger charge is 2.07. The van der Waals surface area contributed by atoms with Gasteiger partial charge in [-0.3, -0.25) is 0 Å². The van der Waals surface area contributed by atoms with Gasteiger partial charge in [0.15, 0.2) is 0 Å². The normalized spacial score (nSPS) is 12.9. The van der Waals surface area contributed by atoms with Gasteiger partial charge in [0.05, 0.1) is 5.69 Å². The zero-order valence-electron chi connectivity index (χ0n) is 10.9. The van der Waals surface area contributed by atoms with E-state index in [0.717, 1.165) is 18.2 Å². The van der Waals surface area contributed by atoms with Crippen molar-refractivity contribution in [3.63, 3.8) is 0 Å². The van der Waals surface area contributed by atoms with Crippen LogP contribution in [-0.4, -0.2) is 30.1 Å². The van der Waals surface area contributed by atoms with Crippen LogP contribution in [0.1, 0.15) is 26.5 Å². The summed E-state index contributed by atoms with van der Waals surface area (Å²) in [5.74, 6) is 1.40. The van der Waals surface area contributed by atoms with E-state index in [1.165, 1.54) is 0 Å². The van der Waals surface area contributed by atoms with Crippen molar-refractivity contribution >= 4 is 5.95 Å². The molecule has 0 aliphatic rings. The minimum Gasteiger partial charge on any atom is -0.347 e. The topological polar surface area (TPSA) is 41.1 Å². The minimum absolute atomic E-state index is 0.498. The van der Waals surface area contributed by atoms with Crippen LogP contribution in [0.2, 0.25) is 0 Å². The molecule has 1 aromatic heterocycles. The van der Waals surface area contributed by atoms with Crippen LogP contribution in [0.25, 0.3) is 0 Å². The van der Waals surface area contributed by atoms with Gasteiger partial charge in [-0.2, -0.15) is 0 Å². The van der Waals surface area contributed by atoms with Gasteiger partial charge in [0.2, 0.25) is 5.95 Å². The largest absolute Gasteiger partial charge is 0.347 e. The van der Waals surface area contributed by atoms with Gasteiger partial charge >= 0.3 is 0 Å². The summed E-state index contributed by atoms with van der Waals surface area (Å²) in [7, 11) is 3.90. The molecule has 1 rings (SSSR count). The number of nitrogens with one attached hydrogen (secondary N) is 1. The van der Waals surface area contributed by atoms with Crippen LogP contribution in [-0.2, 0) is 6.54 Å². The molecule has 90 valence electrons. The van der Waals surface area contributed by atoms with Gasteiger partial charge in [-0.1, -0.05) is 13.8 Å². The lowest BCUT2D eigenvalue weighted by molar-refractivity contribution is 0.424. The molecule has 1 aromatic rings. The standard InChI is InChI=1S/C12H22N4/c1-9(2)10(3)14-8-11-6-7-13-12(15-11)16(4)5/h6-7,9-10,14H,8H2,1-5H3. The third kappa shape index (κ3) is 3.77. The van der Waals surface area contributed by atoms with Crippen LogP contribution in [0.15, 0.2) is 12.3 Å². The number of nitrogens with zero attached hydrogens (tertiary/aromatic N) is 3. The van der Waals surface area contributed by atoms with Crippen molar-refractivity contribution < 1.29 is 0 Å². The van der Waals surface area contributed by atoms with E-state index < -0.39 is 0 Å². The summed E-state index contributed by atoms with van der Waals surface area (Å²) >= 11 is 0. The minimum atomic E-state index is 0.498. The molecular weight excluding hydrogens is 200 g/mol. The molecule has 0 amide bonds. The maximum absolute atomic E-state index is 4.46. The van der Waals surface area contributed by atoms with Gasteiger partial charge in [0, 0.05) is 32.9 Å². The van der Waals surface area contributed by atoms with Gasteiger partial charge in [-0.05, 0) is 18.9 Å². The molecular formula is C12H22N4. The van der Waals surface area contributed by atoms with Crippen molar-refractivity contribution in [1.29, 1.82) is 0 Å². The third-order valence-electron chi connectivity index (χ3n) is 2.71. The molecule has 4 nitrogen and oxygen atoms in total. The number of hydrogen-bond donors (Lipinski definition) is 1. The Kier molecular flexibility index (Phi) is 4.68. The molecule has 0 saturated carbocycles. The second kappa shape index (κ2) is 5.80. The Morgan fingerprint density at radius 1 is 1.31 bits per heavy atom. The molecule has 0 spiro atoms. The Labute approximate surface area is 98.1 Å². The second-order valence-electron chi connectivity index (χ2n) is 4.66. The predicted octanol–water partition coefficient (Wildman–Crippen LogP) is 1.68. The van der Waals surface area contributed by atoms with Crippen LogP contribution < -0.4 is 10.2 Å². The van der Waals surface area contributed by atoms with Gasteiger partial charge in [0.25, 0.3) is 0 Å². The molecule has 1 N–H and O–H groups in total. The van der Waals surface area contributed by atoms with E-state index in [2.05, 4.69) is 36.1 Å². The van der Waals surface area contributed by atoms with E-state index in [-0.39, 0.29) is 0 Å². The summed E-state index contributed by atoms with van der Waals surface area (Å²) in [5, 5.41) is 3.46. The fourth-order valence-corrected chi connectivity index (χ4v) is 1.20. The summed E-state index contributed by atoms with van der Waals surface area (Å²) in [4.78, 5) is 10.6. The average Bonchev–Trinajstić information content (AvgIpc) is 2.26. The molecule has 0 fully saturated rings. The third-order valence-corrected chi connectivity index (χ3v) is 2.71. The molecule has 0 aromatic carbocycles. The Bertz CT molecular complexity index is 323. The van der Waals surface area contributed by atoms with Gasteiger partial charge in [-0.15, -0.1) is 0 Å². The van der Waals surface area contributed by atoms with Crippen LogP contribution in [0.4, 0.5) is 5.95 Å². The Balaban J connectivity index is 2.57. The highest BCUT2D eigenvalue weighted by Crippen LogP contribution is 2.05. The van der Waals surface area contributed by atoms with E-state index >= 15 is 0 Å². The van der Waals surface area contributed by atoms with E-state index in [1.807, 2.05) is 25.1 Å². The Morgan fingerprint density at radius 3 is 2.56 bits per heavy atom. The summed E-state index contributed by atoms with van der Waals surface area (Å²) in [6.07, 6.45) is 1.80. The summed E-state index contributed by atoms with van der Waals surface area (Å²) in [5.41, 5.74) is 1.03. The molecule has 0 saturated heterocycles. The fourth-order valence-electron chi connectivity index (χ4n) is 1.20. The predicted molar refractivity (Wildman–Crippen MR) is 67.5 cm³/mol. The molecule has 4 heteroatoms. The maximum Gasteiger partial charge on any atom is 0.225 e. The lowest BCUT2D eigenvalue weighted by Crippen LogP contribution is -2.30. The first kappa shape index (κ1) is 12.9. The number of anilines is 1. The summed E-state index contributed by atoms with van der Waals surface area (Å²) < 4.78 is 0. The molecule has 16 heavy (non-hydrogen) atoms. The van der Waals surface area contributed by atoms with Gasteiger partial charge in [0.1, 0.15) is 0 Å². The highest BCUT2D eigenvalue weighted by molar-refractivity contribution is 5.26. The van der Waals surface area contributed by atoms with E-state index in [1.54, 1.807) is 6.20 Å². The second-order valence-corrected chi connectivity index (χ2v) is 4.66. The van der Waals surface area contributed by atoms with Crippen LogP contribution in [0.5, 0.6) is 0 Å². The number of aromatic nitrogens is 2. The summed E-state index contributed by atoms with van der Waals surface area (Å²) in [6, 6.07) is 2.45. The molecule has 1 heterocycles. The van der Waals surface area contributed by atoms with Crippen molar-refractivity contribution in [2.45, 2.75) is 33.4 Å². The smallest absolute Gasteiger partial charge is 0.225 e. The van der Waals surface area contributed by atoms with Crippen molar-refractivity contribution in [3.05, 3.63) is 18.0 Å². The fraction of sp³-hybridized carbons (Fsp3) is 0.667. The van der Waals surface area contributed by atoms with Crippen molar-refractivity contribution in [2.75, 3.05) is 19.0 Å². The average molecular weight is 222 g/mol. The van der Waals surface area contributed by atoms with E-state index in [0.29, 0.717) is 12.0 Å². The van der Waals surface area contributed by atoms with E-state index in [9.17, 15) is 0 Å². The first-order valence-corrected chi connectivity index (χ1v) is 5.73. The molecule has 1 atom stereocenters. The summed E-state index contributed by atoms with van der Waals surface area (Å²) in [6.45, 7) is 7.41. The zero-order valence-corrected chi connectivity index (χ0v) is 10.9. The number of hydrogen-bond acceptors (Lipinski definition) is 4. The van der Waals surface area contributed by atoms with Crippen molar-refractivity contribution in [1.82, 2.24) is 15.3 Å². The quantitative estimate of drug-likeness (QED) is 0.823. The lowest BCUT2D eigenvalue weighted by Gasteiger charge is -2.17. The molecule has 1 unspecified atom stereocenters. The highest BCUT2D eigenvalue weighted by atomic mass is 15.2. The van der Waals surface area contributed by atoms with Crippen molar-refractivity contribution in [3.8, 4) is 0 Å². The van der Waals surface area contributed by atoms with Crippen molar-refractivity contribution in [2.24, 2.45) is 5.92 Å². The maximum atomic E-state index is 4.46. The lowest BCUT2D eigenvalue weighted by atomic mass is 10.1. The first-order chi connectivity index (χ1) is 7.50. The van der Waals surface area contributed by atoms with Gasteiger partial charge in [-0.25, -0.2) is 9.97 Å². The van der Waals surface area contributed by atoms with Gasteiger partial charge < -0.3 is 10.2 Å². The van der Waals surface area contributed by atoms with E-state index in [4.69, 9.17) is 0 Å². The first-order valence-electron chi connectivity index (χ1n) is 5.73. The number of rotatable bonds is 5.